The molecule has 4 saturated carbocycles. The number of aliphatic hydroxyl groups is 1. The van der Waals surface area contributed by atoms with Gasteiger partial charge in [0, 0.05) is 0 Å². The lowest BCUT2D eigenvalue weighted by molar-refractivity contribution is -0.203. The summed E-state index contributed by atoms with van der Waals surface area (Å²) in [7, 11) is 0. The zero-order valence-electron chi connectivity index (χ0n) is 21.9. The van der Waals surface area contributed by atoms with E-state index < -0.39 is 0 Å². The molecular formula is C30H50O. The Morgan fingerprint density at radius 1 is 0.806 bits per heavy atom. The van der Waals surface area contributed by atoms with Gasteiger partial charge in [0.2, 0.25) is 0 Å². The van der Waals surface area contributed by atoms with Crippen LogP contribution in [0.1, 0.15) is 113 Å². The second kappa shape index (κ2) is 6.64. The first-order chi connectivity index (χ1) is 14.3. The Kier molecular flexibility index (Phi) is 4.82. The molecule has 0 amide bonds. The van der Waals surface area contributed by atoms with Gasteiger partial charge in [-0.05, 0) is 114 Å². The summed E-state index contributed by atoms with van der Waals surface area (Å²) in [6, 6.07) is 0. The fraction of sp³-hybridized carbons (Fsp3) is 0.933. The molecule has 5 aliphatic carbocycles. The number of rotatable bonds is 0. The Morgan fingerprint density at radius 2 is 1.52 bits per heavy atom. The lowest BCUT2D eigenvalue weighted by Crippen LogP contribution is -2.64. The molecule has 1 nitrogen and oxygen atoms in total. The van der Waals surface area contributed by atoms with E-state index in [0.29, 0.717) is 27.6 Å². The predicted octanol–water partition coefficient (Wildman–Crippen LogP) is 8.02. The van der Waals surface area contributed by atoms with Crippen LogP contribution in [-0.4, -0.2) is 11.2 Å². The van der Waals surface area contributed by atoms with Gasteiger partial charge in [0.05, 0.1) is 6.10 Å². The molecule has 0 aromatic rings. The van der Waals surface area contributed by atoms with Gasteiger partial charge < -0.3 is 5.11 Å². The Balaban J connectivity index is 1.59. The summed E-state index contributed by atoms with van der Waals surface area (Å²) in [6.07, 6.45) is 14.5. The highest BCUT2D eigenvalue weighted by atomic mass is 16.3. The molecule has 1 heteroatoms. The lowest BCUT2D eigenvalue weighted by atomic mass is 9.33. The third-order valence-corrected chi connectivity index (χ3v) is 13.4. The number of allylic oxidation sites excluding steroid dienone is 2. The first kappa shape index (κ1) is 22.5. The van der Waals surface area contributed by atoms with Crippen LogP contribution in [0.3, 0.4) is 0 Å². The first-order valence-electron chi connectivity index (χ1n) is 13.7. The smallest absolute Gasteiger partial charge is 0.0594 e. The average Bonchev–Trinajstić information content (AvgIpc) is 2.69. The van der Waals surface area contributed by atoms with E-state index in [1.54, 1.807) is 0 Å². The number of hydrogen-bond acceptors (Lipinski definition) is 1. The van der Waals surface area contributed by atoms with Crippen LogP contribution in [0.2, 0.25) is 0 Å². The van der Waals surface area contributed by atoms with Crippen molar-refractivity contribution in [1.29, 1.82) is 0 Å². The molecule has 0 spiro atoms. The summed E-state index contributed by atoms with van der Waals surface area (Å²) < 4.78 is 0. The summed E-state index contributed by atoms with van der Waals surface area (Å²) >= 11 is 0. The van der Waals surface area contributed by atoms with Crippen LogP contribution in [0.25, 0.3) is 0 Å². The minimum atomic E-state index is -0.125. The van der Waals surface area contributed by atoms with Crippen LogP contribution >= 0.6 is 0 Å². The molecule has 31 heavy (non-hydrogen) atoms. The third kappa shape index (κ3) is 2.65. The van der Waals surface area contributed by atoms with Gasteiger partial charge in [-0.1, -0.05) is 67.0 Å². The van der Waals surface area contributed by atoms with Gasteiger partial charge in [-0.2, -0.15) is 0 Å². The Bertz CT molecular complexity index is 779. The van der Waals surface area contributed by atoms with Crippen LogP contribution in [0, 0.1) is 56.7 Å². The fourth-order valence-corrected chi connectivity index (χ4v) is 10.8. The standard InChI is InChI=1S/C30H50O/c1-19-11-14-27(5)17-18-29(7)21(25(27)20(19)2)9-10-23-28(6)15-13-24(31)26(3,4)22(28)12-16-30(23,29)8/h9,19-20,22-25,31H,10-18H2,1-8H3/t19-,20-,22+,23+,24+,25+,27-,28+,29-,30+/m1/s1. The van der Waals surface area contributed by atoms with E-state index in [2.05, 4.69) is 61.5 Å². The molecule has 1 N–H and O–H groups in total. The molecule has 0 radical (unpaired) electrons. The SMILES string of the molecule is C[C@@H]1[C@H](C)CC[C@]2(C)CC[C@]3(C)C(=CC[C@H]4[C@@]5(C)CC[C@H](O)C(C)(C)[C@@H]5CC[C@@]43C)[C@H]12. The number of hydrogen-bond donors (Lipinski definition) is 1. The van der Waals surface area contributed by atoms with E-state index >= 15 is 0 Å². The highest BCUT2D eigenvalue weighted by molar-refractivity contribution is 5.33. The van der Waals surface area contributed by atoms with Gasteiger partial charge in [-0.15, -0.1) is 0 Å². The molecule has 5 aliphatic rings. The minimum absolute atomic E-state index is 0.0533. The van der Waals surface area contributed by atoms with Gasteiger partial charge in [0.1, 0.15) is 0 Å². The fourth-order valence-electron chi connectivity index (χ4n) is 10.8. The first-order valence-corrected chi connectivity index (χ1v) is 13.7. The van der Waals surface area contributed by atoms with Crippen molar-refractivity contribution < 1.29 is 5.11 Å². The van der Waals surface area contributed by atoms with Crippen molar-refractivity contribution >= 4 is 0 Å². The van der Waals surface area contributed by atoms with Crippen LogP contribution in [-0.2, 0) is 0 Å². The maximum absolute atomic E-state index is 10.9. The van der Waals surface area contributed by atoms with E-state index in [-0.39, 0.29) is 11.5 Å². The topological polar surface area (TPSA) is 20.2 Å². The molecule has 176 valence electrons. The monoisotopic (exact) mass is 426 g/mol. The Morgan fingerprint density at radius 3 is 2.23 bits per heavy atom. The molecule has 0 aromatic heterocycles. The summed E-state index contributed by atoms with van der Waals surface area (Å²) in [5, 5.41) is 10.9. The van der Waals surface area contributed by atoms with Gasteiger partial charge in [-0.25, -0.2) is 0 Å². The van der Waals surface area contributed by atoms with Gasteiger partial charge in [0.25, 0.3) is 0 Å². The van der Waals surface area contributed by atoms with Crippen molar-refractivity contribution in [3.63, 3.8) is 0 Å². The summed E-state index contributed by atoms with van der Waals surface area (Å²) in [6.45, 7) is 20.5. The number of fused-ring (bicyclic) bond motifs is 7. The van der Waals surface area contributed by atoms with Gasteiger partial charge >= 0.3 is 0 Å². The van der Waals surface area contributed by atoms with E-state index in [0.717, 1.165) is 30.1 Å². The summed E-state index contributed by atoms with van der Waals surface area (Å²) in [5.41, 5.74) is 3.60. The molecule has 0 bridgehead atoms. The lowest BCUT2D eigenvalue weighted by Gasteiger charge is -2.71. The number of aliphatic hydroxyl groups excluding tert-OH is 1. The van der Waals surface area contributed by atoms with Crippen LogP contribution in [0.5, 0.6) is 0 Å². The predicted molar refractivity (Wildman–Crippen MR) is 131 cm³/mol. The zero-order chi connectivity index (χ0) is 22.6. The normalized spacial score (nSPS) is 58.3. The minimum Gasteiger partial charge on any atom is -0.393 e. The highest BCUT2D eigenvalue weighted by Gasteiger charge is 2.67. The molecule has 4 fully saturated rings. The summed E-state index contributed by atoms with van der Waals surface area (Å²) in [5.74, 6) is 3.90. The molecule has 5 rings (SSSR count). The van der Waals surface area contributed by atoms with E-state index in [4.69, 9.17) is 0 Å². The molecule has 0 unspecified atom stereocenters. The van der Waals surface area contributed by atoms with E-state index in [1.807, 2.05) is 5.57 Å². The average molecular weight is 427 g/mol. The van der Waals surface area contributed by atoms with Crippen molar-refractivity contribution in [3.05, 3.63) is 11.6 Å². The summed E-state index contributed by atoms with van der Waals surface area (Å²) in [4.78, 5) is 0. The van der Waals surface area contributed by atoms with Gasteiger partial charge in [-0.3, -0.25) is 0 Å². The van der Waals surface area contributed by atoms with Crippen molar-refractivity contribution in [2.75, 3.05) is 0 Å². The molecule has 0 saturated heterocycles. The molecular weight excluding hydrogens is 376 g/mol. The Hall–Kier alpha value is -0.300. The van der Waals surface area contributed by atoms with Gasteiger partial charge in [0.15, 0.2) is 0 Å². The zero-order valence-corrected chi connectivity index (χ0v) is 21.9. The van der Waals surface area contributed by atoms with Crippen LogP contribution in [0.15, 0.2) is 11.6 Å². The third-order valence-electron chi connectivity index (χ3n) is 13.4. The maximum Gasteiger partial charge on any atom is 0.0594 e. The van der Waals surface area contributed by atoms with Crippen LogP contribution < -0.4 is 0 Å². The van der Waals surface area contributed by atoms with Crippen molar-refractivity contribution in [2.24, 2.45) is 56.7 Å². The van der Waals surface area contributed by atoms with Crippen molar-refractivity contribution in [1.82, 2.24) is 0 Å². The second-order valence-electron chi connectivity index (χ2n) is 14.7. The molecule has 0 aliphatic heterocycles. The van der Waals surface area contributed by atoms with Crippen LogP contribution in [0.4, 0.5) is 0 Å². The maximum atomic E-state index is 10.9. The Labute approximate surface area is 192 Å². The quantitative estimate of drug-likeness (QED) is 0.389. The van der Waals surface area contributed by atoms with Crippen molar-refractivity contribution in [2.45, 2.75) is 119 Å². The van der Waals surface area contributed by atoms with E-state index in [1.165, 1.54) is 51.4 Å². The molecule has 0 aromatic carbocycles. The molecule has 10 atom stereocenters. The van der Waals surface area contributed by atoms with E-state index in [9.17, 15) is 5.11 Å². The van der Waals surface area contributed by atoms with Crippen molar-refractivity contribution in [3.8, 4) is 0 Å². The largest absolute Gasteiger partial charge is 0.393 e. The second-order valence-corrected chi connectivity index (χ2v) is 14.7. The highest BCUT2D eigenvalue weighted by Crippen LogP contribution is 2.75. The molecule has 0 heterocycles.